The number of ether oxygens (including phenoxy) is 1. The number of aliphatic carboxylic acids is 1. The Morgan fingerprint density at radius 2 is 1.92 bits per heavy atom. The van der Waals surface area contributed by atoms with Crippen LogP contribution in [0, 0.1) is 0 Å². The van der Waals surface area contributed by atoms with Crippen LogP contribution in [0.15, 0.2) is 59.5 Å². The molecule has 0 amide bonds. The lowest BCUT2D eigenvalue weighted by atomic mass is 10.2. The van der Waals surface area contributed by atoms with E-state index in [4.69, 9.17) is 9.84 Å². The minimum atomic E-state index is -3.82. The van der Waals surface area contributed by atoms with Crippen LogP contribution in [0.1, 0.15) is 11.1 Å². The van der Waals surface area contributed by atoms with Crippen LogP contribution in [0.5, 0.6) is 5.75 Å². The summed E-state index contributed by atoms with van der Waals surface area (Å²) in [6.45, 7) is 0.140. The molecular formula is C17H17NO5S. The highest BCUT2D eigenvalue weighted by atomic mass is 32.2. The van der Waals surface area contributed by atoms with Gasteiger partial charge in [0.15, 0.2) is 0 Å². The quantitative estimate of drug-likeness (QED) is 0.750. The van der Waals surface area contributed by atoms with Gasteiger partial charge < -0.3 is 9.84 Å². The van der Waals surface area contributed by atoms with Gasteiger partial charge in [-0.3, -0.25) is 0 Å². The molecular weight excluding hydrogens is 330 g/mol. The number of hydrogen-bond acceptors (Lipinski definition) is 4. The smallest absolute Gasteiger partial charge is 0.328 e. The third-order valence-corrected chi connectivity index (χ3v) is 4.63. The lowest BCUT2D eigenvalue weighted by Crippen LogP contribution is -2.23. The maximum Gasteiger partial charge on any atom is 0.328 e. The molecule has 2 aromatic carbocycles. The lowest BCUT2D eigenvalue weighted by molar-refractivity contribution is -0.131. The molecule has 0 spiro atoms. The molecule has 0 atom stereocenters. The molecule has 2 aromatic rings. The van der Waals surface area contributed by atoms with Crippen molar-refractivity contribution >= 4 is 22.1 Å². The Balaban J connectivity index is 2.29. The maximum absolute atomic E-state index is 12.5. The predicted octanol–water partition coefficient (Wildman–Crippen LogP) is 2.27. The van der Waals surface area contributed by atoms with Crippen molar-refractivity contribution in [2.75, 3.05) is 7.11 Å². The van der Waals surface area contributed by atoms with E-state index >= 15 is 0 Å². The van der Waals surface area contributed by atoms with Crippen LogP contribution in [0.25, 0.3) is 6.08 Å². The first-order valence-electron chi connectivity index (χ1n) is 7.05. The van der Waals surface area contributed by atoms with Gasteiger partial charge in [-0.25, -0.2) is 17.9 Å². The number of carbonyl (C=O) groups is 1. The van der Waals surface area contributed by atoms with Gasteiger partial charge in [0.05, 0.1) is 7.11 Å². The highest BCUT2D eigenvalue weighted by molar-refractivity contribution is 7.89. The molecule has 0 heterocycles. The Labute approximate surface area is 140 Å². The number of methoxy groups -OCH3 is 1. The van der Waals surface area contributed by atoms with E-state index in [2.05, 4.69) is 4.72 Å². The summed E-state index contributed by atoms with van der Waals surface area (Å²) >= 11 is 0. The average molecular weight is 347 g/mol. The number of rotatable bonds is 7. The van der Waals surface area contributed by atoms with E-state index < -0.39 is 16.0 Å². The van der Waals surface area contributed by atoms with E-state index in [-0.39, 0.29) is 17.2 Å². The summed E-state index contributed by atoms with van der Waals surface area (Å²) in [5.74, 6) is -0.930. The number of benzene rings is 2. The average Bonchev–Trinajstić information content (AvgIpc) is 2.59. The van der Waals surface area contributed by atoms with Gasteiger partial charge in [0.25, 0.3) is 0 Å². The molecule has 0 aromatic heterocycles. The van der Waals surface area contributed by atoms with Crippen LogP contribution < -0.4 is 9.46 Å². The van der Waals surface area contributed by atoms with Crippen LogP contribution in [-0.2, 0) is 21.4 Å². The normalized spacial score (nSPS) is 11.5. The van der Waals surface area contributed by atoms with Gasteiger partial charge in [-0.15, -0.1) is 0 Å². The van der Waals surface area contributed by atoms with E-state index in [0.29, 0.717) is 5.56 Å². The van der Waals surface area contributed by atoms with Crippen molar-refractivity contribution in [3.8, 4) is 5.75 Å². The first-order chi connectivity index (χ1) is 11.4. The maximum atomic E-state index is 12.5. The first kappa shape index (κ1) is 17.7. The molecule has 0 aliphatic carbocycles. The standard InChI is InChI=1S/C17H17NO5S/c1-23-15-9-7-13(8-10-17(19)20)11-16(15)24(21,22)18-12-14-5-3-2-4-6-14/h2-11,18H,12H2,1H3,(H,19,20). The molecule has 7 heteroatoms. The zero-order valence-corrected chi connectivity index (χ0v) is 13.8. The van der Waals surface area contributed by atoms with Crippen LogP contribution in [0.2, 0.25) is 0 Å². The van der Waals surface area contributed by atoms with E-state index in [1.807, 2.05) is 30.3 Å². The minimum Gasteiger partial charge on any atom is -0.495 e. The SMILES string of the molecule is COc1ccc(C=CC(=O)O)cc1S(=O)(=O)NCc1ccccc1. The van der Waals surface area contributed by atoms with Gasteiger partial charge in [0.2, 0.25) is 10.0 Å². The highest BCUT2D eigenvalue weighted by Gasteiger charge is 2.19. The Morgan fingerprint density at radius 1 is 1.21 bits per heavy atom. The molecule has 0 fully saturated rings. The molecule has 0 radical (unpaired) electrons. The first-order valence-corrected chi connectivity index (χ1v) is 8.53. The minimum absolute atomic E-state index is 0.0477. The van der Waals surface area contributed by atoms with Crippen LogP contribution in [-0.4, -0.2) is 26.6 Å². The molecule has 0 aliphatic rings. The predicted molar refractivity (Wildman–Crippen MR) is 90.1 cm³/mol. The van der Waals surface area contributed by atoms with Gasteiger partial charge in [0.1, 0.15) is 10.6 Å². The van der Waals surface area contributed by atoms with Crippen LogP contribution in [0.4, 0.5) is 0 Å². The summed E-state index contributed by atoms with van der Waals surface area (Å²) in [7, 11) is -2.45. The third-order valence-electron chi connectivity index (χ3n) is 3.20. The summed E-state index contributed by atoms with van der Waals surface area (Å²) < 4.78 is 32.7. The molecule has 126 valence electrons. The van der Waals surface area contributed by atoms with E-state index in [1.165, 1.54) is 25.3 Å². The van der Waals surface area contributed by atoms with Gasteiger partial charge in [-0.1, -0.05) is 36.4 Å². The van der Waals surface area contributed by atoms with Gasteiger partial charge in [-0.2, -0.15) is 0 Å². The van der Waals surface area contributed by atoms with Crippen molar-refractivity contribution in [3.05, 3.63) is 65.7 Å². The fourth-order valence-corrected chi connectivity index (χ4v) is 3.25. The number of sulfonamides is 1. The molecule has 0 aliphatic heterocycles. The number of hydrogen-bond donors (Lipinski definition) is 2. The Morgan fingerprint density at radius 3 is 2.54 bits per heavy atom. The molecule has 2 rings (SSSR count). The van der Waals surface area contributed by atoms with Crippen LogP contribution >= 0.6 is 0 Å². The second kappa shape index (κ2) is 7.76. The molecule has 6 nitrogen and oxygen atoms in total. The molecule has 24 heavy (non-hydrogen) atoms. The monoisotopic (exact) mass is 347 g/mol. The fourth-order valence-electron chi connectivity index (χ4n) is 2.03. The Kier molecular flexibility index (Phi) is 5.73. The second-order valence-electron chi connectivity index (χ2n) is 4.89. The van der Waals surface area contributed by atoms with Crippen molar-refractivity contribution < 1.29 is 23.1 Å². The Bertz CT molecular complexity index is 845. The van der Waals surface area contributed by atoms with Crippen molar-refractivity contribution in [1.82, 2.24) is 4.72 Å². The lowest BCUT2D eigenvalue weighted by Gasteiger charge is -2.11. The van der Waals surface area contributed by atoms with Gasteiger partial charge in [-0.05, 0) is 29.3 Å². The molecule has 0 unspecified atom stereocenters. The molecule has 0 saturated carbocycles. The summed E-state index contributed by atoms with van der Waals surface area (Å²) in [6.07, 6.45) is 2.26. The number of carboxylic acid groups (broad SMARTS) is 1. The van der Waals surface area contributed by atoms with E-state index in [9.17, 15) is 13.2 Å². The van der Waals surface area contributed by atoms with Crippen LogP contribution in [0.3, 0.4) is 0 Å². The Hall–Kier alpha value is -2.64. The van der Waals surface area contributed by atoms with Gasteiger partial charge >= 0.3 is 5.97 Å². The highest BCUT2D eigenvalue weighted by Crippen LogP contribution is 2.25. The summed E-state index contributed by atoms with van der Waals surface area (Å²) in [5, 5.41) is 8.67. The molecule has 2 N–H and O–H groups in total. The number of carboxylic acids is 1. The zero-order chi connectivity index (χ0) is 17.6. The summed E-state index contributed by atoms with van der Waals surface area (Å²) in [5.41, 5.74) is 1.26. The van der Waals surface area contributed by atoms with Crippen molar-refractivity contribution in [2.24, 2.45) is 0 Å². The van der Waals surface area contributed by atoms with Crippen molar-refractivity contribution in [2.45, 2.75) is 11.4 Å². The van der Waals surface area contributed by atoms with E-state index in [0.717, 1.165) is 11.6 Å². The van der Waals surface area contributed by atoms with Crippen molar-refractivity contribution in [3.63, 3.8) is 0 Å². The van der Waals surface area contributed by atoms with Crippen molar-refractivity contribution in [1.29, 1.82) is 0 Å². The fraction of sp³-hybridized carbons (Fsp3) is 0.118. The topological polar surface area (TPSA) is 92.7 Å². The van der Waals surface area contributed by atoms with Gasteiger partial charge in [0, 0.05) is 12.6 Å². The summed E-state index contributed by atoms with van der Waals surface area (Å²) in [6, 6.07) is 13.5. The largest absolute Gasteiger partial charge is 0.495 e. The molecule has 0 bridgehead atoms. The summed E-state index contributed by atoms with van der Waals surface area (Å²) in [4.78, 5) is 10.5. The molecule has 0 saturated heterocycles. The van der Waals surface area contributed by atoms with E-state index in [1.54, 1.807) is 6.07 Å². The number of nitrogens with one attached hydrogen (secondary N) is 1. The zero-order valence-electron chi connectivity index (χ0n) is 13.0. The second-order valence-corrected chi connectivity index (χ2v) is 6.63. The third kappa shape index (κ3) is 4.68.